The Morgan fingerprint density at radius 2 is 2.23 bits per heavy atom. The summed E-state index contributed by atoms with van der Waals surface area (Å²) < 4.78 is 37.4. The van der Waals surface area contributed by atoms with Crippen molar-refractivity contribution in [2.45, 2.75) is 42.3 Å². The van der Waals surface area contributed by atoms with Crippen molar-refractivity contribution in [2.75, 3.05) is 6.54 Å². The molecule has 1 aromatic rings. The van der Waals surface area contributed by atoms with E-state index in [2.05, 4.69) is 10.3 Å². The third kappa shape index (κ3) is 5.17. The minimum absolute atomic E-state index is 0.0822. The molecule has 0 aromatic carbocycles. The smallest absolute Gasteiger partial charge is 0.393 e. The third-order valence-electron chi connectivity index (χ3n) is 3.53. The van der Waals surface area contributed by atoms with Crippen LogP contribution in [0, 0.1) is 5.92 Å². The van der Waals surface area contributed by atoms with Gasteiger partial charge in [0.1, 0.15) is 5.03 Å². The van der Waals surface area contributed by atoms with Gasteiger partial charge in [0.25, 0.3) is 5.91 Å². The second kappa shape index (κ2) is 7.32. The van der Waals surface area contributed by atoms with Gasteiger partial charge >= 0.3 is 5.51 Å². The van der Waals surface area contributed by atoms with Gasteiger partial charge in [0.2, 0.25) is 0 Å². The van der Waals surface area contributed by atoms with Crippen molar-refractivity contribution in [1.82, 2.24) is 10.3 Å². The molecule has 1 heterocycles. The Kier molecular flexibility index (Phi) is 5.69. The zero-order valence-corrected chi connectivity index (χ0v) is 12.6. The SMILES string of the molecule is O=C(NCC1CCCC(O)C1)c1cccnc1SC(F)(F)F. The van der Waals surface area contributed by atoms with Gasteiger partial charge in [-0.1, -0.05) is 6.42 Å². The lowest BCUT2D eigenvalue weighted by Crippen LogP contribution is -2.33. The number of aromatic nitrogens is 1. The number of hydrogen-bond acceptors (Lipinski definition) is 4. The number of rotatable bonds is 4. The van der Waals surface area contributed by atoms with Crippen molar-refractivity contribution in [3.8, 4) is 0 Å². The van der Waals surface area contributed by atoms with E-state index in [-0.39, 0.29) is 22.6 Å². The highest BCUT2D eigenvalue weighted by molar-refractivity contribution is 8.00. The van der Waals surface area contributed by atoms with Gasteiger partial charge in [-0.25, -0.2) is 4.98 Å². The van der Waals surface area contributed by atoms with E-state index in [0.717, 1.165) is 19.3 Å². The van der Waals surface area contributed by atoms with E-state index in [9.17, 15) is 23.1 Å². The number of halogens is 3. The Balaban J connectivity index is 1.97. The van der Waals surface area contributed by atoms with E-state index in [1.54, 1.807) is 0 Å². The zero-order chi connectivity index (χ0) is 16.2. The third-order valence-corrected chi connectivity index (χ3v) is 4.28. The summed E-state index contributed by atoms with van der Waals surface area (Å²) in [6, 6.07) is 2.76. The molecule has 1 fully saturated rings. The van der Waals surface area contributed by atoms with Crippen LogP contribution in [-0.2, 0) is 0 Å². The maximum absolute atomic E-state index is 12.5. The minimum Gasteiger partial charge on any atom is -0.393 e. The van der Waals surface area contributed by atoms with Crippen LogP contribution in [0.25, 0.3) is 0 Å². The molecule has 0 aliphatic heterocycles. The number of aliphatic hydroxyl groups is 1. The fourth-order valence-electron chi connectivity index (χ4n) is 2.53. The molecule has 0 spiro atoms. The number of alkyl halides is 3. The van der Waals surface area contributed by atoms with Crippen LogP contribution >= 0.6 is 11.8 Å². The maximum Gasteiger partial charge on any atom is 0.447 e. The average molecular weight is 334 g/mol. The molecule has 1 amide bonds. The molecule has 1 saturated carbocycles. The van der Waals surface area contributed by atoms with E-state index in [4.69, 9.17) is 0 Å². The van der Waals surface area contributed by atoms with Gasteiger partial charge in [0.05, 0.1) is 11.7 Å². The minimum atomic E-state index is -4.49. The summed E-state index contributed by atoms with van der Waals surface area (Å²) in [7, 11) is 0. The first kappa shape index (κ1) is 17.1. The molecule has 4 nitrogen and oxygen atoms in total. The first-order valence-corrected chi connectivity index (χ1v) is 7.84. The summed E-state index contributed by atoms with van der Waals surface area (Å²) in [4.78, 5) is 15.7. The topological polar surface area (TPSA) is 62.2 Å². The number of carbonyl (C=O) groups is 1. The van der Waals surface area contributed by atoms with Crippen LogP contribution in [0.2, 0.25) is 0 Å². The lowest BCUT2D eigenvalue weighted by molar-refractivity contribution is -0.0329. The molecule has 2 rings (SSSR count). The highest BCUT2D eigenvalue weighted by atomic mass is 32.2. The van der Waals surface area contributed by atoms with Crippen molar-refractivity contribution in [1.29, 1.82) is 0 Å². The highest BCUT2D eigenvalue weighted by Gasteiger charge is 2.32. The predicted molar refractivity (Wildman–Crippen MR) is 76.4 cm³/mol. The molecule has 1 aromatic heterocycles. The molecular formula is C14H17F3N2O2S. The molecule has 1 aliphatic rings. The Labute approximate surface area is 130 Å². The molecule has 2 N–H and O–H groups in total. The quantitative estimate of drug-likeness (QED) is 0.831. The van der Waals surface area contributed by atoms with Gasteiger partial charge in [0, 0.05) is 24.5 Å². The zero-order valence-electron chi connectivity index (χ0n) is 11.8. The molecule has 0 radical (unpaired) electrons. The summed E-state index contributed by atoms with van der Waals surface area (Å²) in [5.41, 5.74) is -4.57. The number of amides is 1. The number of nitrogens with zero attached hydrogens (tertiary/aromatic N) is 1. The van der Waals surface area contributed by atoms with Crippen molar-refractivity contribution in [2.24, 2.45) is 5.92 Å². The standard InChI is InChI=1S/C14H17F3N2O2S/c15-14(16,17)22-13-11(5-2-6-18-13)12(21)19-8-9-3-1-4-10(20)7-9/h2,5-6,9-10,20H,1,3-4,7-8H2,(H,19,21). The van der Waals surface area contributed by atoms with Crippen LogP contribution in [0.5, 0.6) is 0 Å². The predicted octanol–water partition coefficient (Wildman–Crippen LogP) is 2.97. The summed E-state index contributed by atoms with van der Waals surface area (Å²) in [6.07, 6.45) is 4.03. The van der Waals surface area contributed by atoms with Crippen LogP contribution in [0.3, 0.4) is 0 Å². The van der Waals surface area contributed by atoms with Crippen molar-refractivity contribution < 1.29 is 23.1 Å². The van der Waals surface area contributed by atoms with Gasteiger partial charge in [-0.05, 0) is 37.3 Å². The number of carbonyl (C=O) groups excluding carboxylic acids is 1. The van der Waals surface area contributed by atoms with Crippen molar-refractivity contribution in [3.05, 3.63) is 23.9 Å². The average Bonchev–Trinajstić information content (AvgIpc) is 2.44. The molecule has 1 aliphatic carbocycles. The number of hydrogen-bond donors (Lipinski definition) is 2. The van der Waals surface area contributed by atoms with E-state index < -0.39 is 23.2 Å². The maximum atomic E-state index is 12.5. The second-order valence-corrected chi connectivity index (χ2v) is 6.35. The molecule has 22 heavy (non-hydrogen) atoms. The number of aliphatic hydroxyl groups excluding tert-OH is 1. The van der Waals surface area contributed by atoms with E-state index in [0.29, 0.717) is 13.0 Å². The van der Waals surface area contributed by atoms with Gasteiger partial charge in [-0.2, -0.15) is 13.2 Å². The number of thioether (sulfide) groups is 1. The Hall–Kier alpha value is -1.28. The van der Waals surface area contributed by atoms with Crippen LogP contribution < -0.4 is 5.32 Å². The van der Waals surface area contributed by atoms with Gasteiger partial charge in [-0.15, -0.1) is 0 Å². The normalized spacial score (nSPS) is 22.4. The summed E-state index contributed by atoms with van der Waals surface area (Å²) >= 11 is -0.394. The monoisotopic (exact) mass is 334 g/mol. The molecule has 2 atom stereocenters. The van der Waals surface area contributed by atoms with Crippen molar-refractivity contribution >= 4 is 17.7 Å². The molecule has 0 bridgehead atoms. The van der Waals surface area contributed by atoms with Crippen LogP contribution in [0.1, 0.15) is 36.0 Å². The lowest BCUT2D eigenvalue weighted by Gasteiger charge is -2.26. The van der Waals surface area contributed by atoms with E-state index in [1.807, 2.05) is 0 Å². The molecule has 122 valence electrons. The Bertz CT molecular complexity index is 525. The Morgan fingerprint density at radius 1 is 1.45 bits per heavy atom. The van der Waals surface area contributed by atoms with Gasteiger partial charge in [-0.3, -0.25) is 4.79 Å². The summed E-state index contributed by atoms with van der Waals surface area (Å²) in [5.74, 6) is -0.414. The van der Waals surface area contributed by atoms with Crippen LogP contribution in [0.4, 0.5) is 13.2 Å². The van der Waals surface area contributed by atoms with Gasteiger partial charge in [0.15, 0.2) is 0 Å². The molecule has 0 saturated heterocycles. The number of nitrogens with one attached hydrogen (secondary N) is 1. The molecular weight excluding hydrogens is 317 g/mol. The summed E-state index contributed by atoms with van der Waals surface area (Å²) in [6.45, 7) is 0.348. The highest BCUT2D eigenvalue weighted by Crippen LogP contribution is 2.37. The fraction of sp³-hybridized carbons (Fsp3) is 0.571. The Morgan fingerprint density at radius 3 is 2.91 bits per heavy atom. The van der Waals surface area contributed by atoms with Crippen LogP contribution in [0.15, 0.2) is 23.4 Å². The lowest BCUT2D eigenvalue weighted by atomic mass is 9.87. The van der Waals surface area contributed by atoms with Crippen molar-refractivity contribution in [3.63, 3.8) is 0 Å². The fourth-order valence-corrected chi connectivity index (χ4v) is 3.14. The first-order chi connectivity index (χ1) is 10.3. The van der Waals surface area contributed by atoms with Crippen LogP contribution in [-0.4, -0.2) is 34.2 Å². The van der Waals surface area contributed by atoms with Gasteiger partial charge < -0.3 is 10.4 Å². The number of pyridine rings is 1. The molecule has 2 unspecified atom stereocenters. The van der Waals surface area contributed by atoms with E-state index >= 15 is 0 Å². The summed E-state index contributed by atoms with van der Waals surface area (Å²) in [5, 5.41) is 11.9. The van der Waals surface area contributed by atoms with E-state index in [1.165, 1.54) is 18.3 Å². The largest absolute Gasteiger partial charge is 0.447 e. The molecule has 8 heteroatoms. The second-order valence-electron chi connectivity index (χ2n) is 5.30. The first-order valence-electron chi connectivity index (χ1n) is 7.02.